The van der Waals surface area contributed by atoms with Gasteiger partial charge < -0.3 is 20.1 Å². The lowest BCUT2D eigenvalue weighted by Gasteiger charge is -2.12. The molecule has 0 spiro atoms. The zero-order chi connectivity index (χ0) is 12.4. The second-order valence-electron chi connectivity index (χ2n) is 3.77. The molecule has 2 aromatic rings. The fourth-order valence-electron chi connectivity index (χ4n) is 1.61. The van der Waals surface area contributed by atoms with Gasteiger partial charge in [-0.2, -0.15) is 0 Å². The molecule has 1 aromatic carbocycles. The molecule has 1 heterocycles. The number of nitrogens with zero attached hydrogens (tertiary/aromatic N) is 1. The van der Waals surface area contributed by atoms with Gasteiger partial charge in [0, 0.05) is 0 Å². The van der Waals surface area contributed by atoms with E-state index in [9.17, 15) is 0 Å². The van der Waals surface area contributed by atoms with Crippen LogP contribution in [0.25, 0.3) is 11.0 Å². The molecule has 0 aliphatic rings. The second kappa shape index (κ2) is 4.37. The van der Waals surface area contributed by atoms with Crippen molar-refractivity contribution in [3.8, 4) is 5.75 Å². The molecule has 0 radical (unpaired) electrons. The van der Waals surface area contributed by atoms with Crippen molar-refractivity contribution in [3.05, 3.63) is 30.0 Å². The van der Waals surface area contributed by atoms with Gasteiger partial charge in [-0.1, -0.05) is 17.3 Å². The molecule has 17 heavy (non-hydrogen) atoms. The molecule has 3 N–H and O–H groups in total. The zero-order valence-corrected chi connectivity index (χ0v) is 9.68. The van der Waals surface area contributed by atoms with E-state index in [0.29, 0.717) is 11.5 Å². The molecule has 1 aromatic heterocycles. The molecule has 0 fully saturated rings. The van der Waals surface area contributed by atoms with Crippen molar-refractivity contribution < 1.29 is 14.4 Å². The number of amidine groups is 1. The van der Waals surface area contributed by atoms with E-state index in [4.69, 9.17) is 20.1 Å². The van der Waals surface area contributed by atoms with Gasteiger partial charge in [0.2, 0.25) is 0 Å². The lowest BCUT2D eigenvalue weighted by Crippen LogP contribution is -2.31. The van der Waals surface area contributed by atoms with Gasteiger partial charge in [-0.25, -0.2) is 0 Å². The molecule has 0 amide bonds. The van der Waals surface area contributed by atoms with Crippen LogP contribution in [-0.4, -0.2) is 17.1 Å². The minimum absolute atomic E-state index is 0.0229. The van der Waals surface area contributed by atoms with Crippen LogP contribution in [0.15, 0.2) is 33.8 Å². The Kier molecular flexibility index (Phi) is 2.91. The Hall–Kier alpha value is -2.17. The normalized spacial score (nSPS) is 13.9. The van der Waals surface area contributed by atoms with Crippen LogP contribution >= 0.6 is 0 Å². The molecule has 0 saturated carbocycles. The van der Waals surface area contributed by atoms with E-state index in [2.05, 4.69) is 5.16 Å². The fourth-order valence-corrected chi connectivity index (χ4v) is 1.61. The third kappa shape index (κ3) is 2.04. The lowest BCUT2D eigenvalue weighted by molar-refractivity contribution is 0.263. The number of hydrogen-bond acceptors (Lipinski definition) is 4. The van der Waals surface area contributed by atoms with Crippen LogP contribution in [0.3, 0.4) is 0 Å². The number of oxime groups is 1. The summed E-state index contributed by atoms with van der Waals surface area (Å²) in [5, 5.41) is 12.4. The highest BCUT2D eigenvalue weighted by molar-refractivity contribution is 5.87. The van der Waals surface area contributed by atoms with Gasteiger partial charge in [0.15, 0.2) is 17.7 Å². The minimum Gasteiger partial charge on any atom is -0.478 e. The van der Waals surface area contributed by atoms with Crippen LogP contribution < -0.4 is 10.5 Å². The average molecular weight is 234 g/mol. The van der Waals surface area contributed by atoms with Gasteiger partial charge in [-0.15, -0.1) is 0 Å². The van der Waals surface area contributed by atoms with E-state index in [0.717, 1.165) is 11.0 Å². The summed E-state index contributed by atoms with van der Waals surface area (Å²) in [6.07, 6.45) is -0.514. The Morgan fingerprint density at radius 2 is 2.18 bits per heavy atom. The Morgan fingerprint density at radius 3 is 2.88 bits per heavy atom. The summed E-state index contributed by atoms with van der Waals surface area (Å²) >= 11 is 0. The molecule has 0 bridgehead atoms. The van der Waals surface area contributed by atoms with Crippen LogP contribution in [0.5, 0.6) is 5.75 Å². The number of furan rings is 1. The Balaban J connectivity index is 2.39. The molecule has 2 rings (SSSR count). The summed E-state index contributed by atoms with van der Waals surface area (Å²) in [4.78, 5) is 0. The Bertz CT molecular complexity index is 560. The van der Waals surface area contributed by atoms with Gasteiger partial charge >= 0.3 is 0 Å². The summed E-state index contributed by atoms with van der Waals surface area (Å²) in [6.45, 7) is 3.52. The van der Waals surface area contributed by atoms with E-state index in [1.807, 2.05) is 31.2 Å². The third-order valence-electron chi connectivity index (χ3n) is 2.54. The maximum Gasteiger partial charge on any atom is 0.180 e. The number of rotatable bonds is 3. The molecule has 90 valence electrons. The van der Waals surface area contributed by atoms with Gasteiger partial charge in [0.1, 0.15) is 11.3 Å². The van der Waals surface area contributed by atoms with Crippen molar-refractivity contribution in [2.75, 3.05) is 0 Å². The van der Waals surface area contributed by atoms with Crippen LogP contribution in [0.1, 0.15) is 12.7 Å². The minimum atomic E-state index is -0.514. The SMILES string of the molecule is Cc1oc2ccccc2c1OC(C)/C(N)=N/O. The molecule has 5 heteroatoms. The van der Waals surface area contributed by atoms with Gasteiger partial charge in [-0.05, 0) is 26.0 Å². The molecular formula is C12H14N2O3. The molecule has 1 atom stereocenters. The number of ether oxygens (including phenoxy) is 1. The topological polar surface area (TPSA) is 81.0 Å². The first-order valence-electron chi connectivity index (χ1n) is 5.25. The average Bonchev–Trinajstić information content (AvgIpc) is 2.65. The summed E-state index contributed by atoms with van der Waals surface area (Å²) in [5.74, 6) is 1.32. The number of aryl methyl sites for hydroxylation is 1. The largest absolute Gasteiger partial charge is 0.478 e. The van der Waals surface area contributed by atoms with Crippen LogP contribution in [0.4, 0.5) is 0 Å². The second-order valence-corrected chi connectivity index (χ2v) is 3.77. The van der Waals surface area contributed by atoms with Crippen molar-refractivity contribution in [2.24, 2.45) is 10.9 Å². The Morgan fingerprint density at radius 1 is 1.47 bits per heavy atom. The van der Waals surface area contributed by atoms with Gasteiger partial charge in [0.05, 0.1) is 5.39 Å². The van der Waals surface area contributed by atoms with Gasteiger partial charge in [-0.3, -0.25) is 0 Å². The van der Waals surface area contributed by atoms with Crippen molar-refractivity contribution in [1.82, 2.24) is 0 Å². The quantitative estimate of drug-likeness (QED) is 0.369. The van der Waals surface area contributed by atoms with E-state index in [1.165, 1.54) is 0 Å². The molecule has 0 saturated heterocycles. The van der Waals surface area contributed by atoms with E-state index >= 15 is 0 Å². The number of para-hydroxylation sites is 1. The van der Waals surface area contributed by atoms with Crippen LogP contribution in [0.2, 0.25) is 0 Å². The fraction of sp³-hybridized carbons (Fsp3) is 0.250. The number of nitrogens with two attached hydrogens (primary N) is 1. The first-order chi connectivity index (χ1) is 8.13. The van der Waals surface area contributed by atoms with E-state index < -0.39 is 6.10 Å². The van der Waals surface area contributed by atoms with Crippen LogP contribution in [0, 0.1) is 6.92 Å². The van der Waals surface area contributed by atoms with Gasteiger partial charge in [0.25, 0.3) is 0 Å². The Labute approximate surface area is 98.5 Å². The maximum absolute atomic E-state index is 8.58. The molecule has 0 aliphatic heterocycles. The highest BCUT2D eigenvalue weighted by atomic mass is 16.5. The third-order valence-corrected chi connectivity index (χ3v) is 2.54. The van der Waals surface area contributed by atoms with Crippen molar-refractivity contribution >= 4 is 16.8 Å². The summed E-state index contributed by atoms with van der Waals surface area (Å²) < 4.78 is 11.2. The van der Waals surface area contributed by atoms with Crippen LogP contribution in [-0.2, 0) is 0 Å². The number of hydrogen-bond donors (Lipinski definition) is 2. The summed E-state index contributed by atoms with van der Waals surface area (Å²) in [5.41, 5.74) is 6.23. The van der Waals surface area contributed by atoms with Crippen molar-refractivity contribution in [2.45, 2.75) is 20.0 Å². The predicted octanol–water partition coefficient (Wildman–Crippen LogP) is 2.25. The monoisotopic (exact) mass is 234 g/mol. The highest BCUT2D eigenvalue weighted by Crippen LogP contribution is 2.32. The number of benzene rings is 1. The molecule has 1 unspecified atom stereocenters. The van der Waals surface area contributed by atoms with E-state index in [1.54, 1.807) is 6.92 Å². The first-order valence-corrected chi connectivity index (χ1v) is 5.25. The van der Waals surface area contributed by atoms with E-state index in [-0.39, 0.29) is 5.84 Å². The van der Waals surface area contributed by atoms with Crippen molar-refractivity contribution in [3.63, 3.8) is 0 Å². The molecule has 0 aliphatic carbocycles. The van der Waals surface area contributed by atoms with Crippen molar-refractivity contribution in [1.29, 1.82) is 0 Å². The first kappa shape index (κ1) is 11.3. The smallest absolute Gasteiger partial charge is 0.180 e. The maximum atomic E-state index is 8.58. The highest BCUT2D eigenvalue weighted by Gasteiger charge is 2.16. The lowest BCUT2D eigenvalue weighted by atomic mass is 10.2. The molecule has 5 nitrogen and oxygen atoms in total. The molecular weight excluding hydrogens is 220 g/mol. The standard InChI is InChI=1S/C12H14N2O3/c1-7-11(17-8(2)12(13)14-15)9-5-3-4-6-10(9)16-7/h3-6,8,15H,1-2H3,(H2,13,14). The number of fused-ring (bicyclic) bond motifs is 1. The summed E-state index contributed by atoms with van der Waals surface area (Å²) in [6, 6.07) is 7.56. The predicted molar refractivity (Wildman–Crippen MR) is 64.4 cm³/mol. The summed E-state index contributed by atoms with van der Waals surface area (Å²) in [7, 11) is 0. The zero-order valence-electron chi connectivity index (χ0n) is 9.68.